The average Bonchev–Trinajstić information content (AvgIpc) is 3.30. The van der Waals surface area contributed by atoms with Crippen molar-refractivity contribution in [3.05, 3.63) is 102 Å². The lowest BCUT2D eigenvalue weighted by Gasteiger charge is -2.11. The summed E-state index contributed by atoms with van der Waals surface area (Å²) < 4.78 is 47.6. The summed E-state index contributed by atoms with van der Waals surface area (Å²) in [6.45, 7) is 0. The Hall–Kier alpha value is -0.980. The maximum Gasteiger partial charge on any atom is 0.249 e. The molecule has 2 aromatic rings. The Labute approximate surface area is 209 Å². The summed E-state index contributed by atoms with van der Waals surface area (Å²) in [5, 5.41) is 3.76. The van der Waals surface area contributed by atoms with Gasteiger partial charge in [0, 0.05) is 20.6 Å². The highest BCUT2D eigenvalue weighted by atomic mass is 35.5. The molecular formula is C20H12Cl2O4S6. The number of benzene rings is 2. The lowest BCUT2D eigenvalue weighted by molar-refractivity contribution is 0.627. The highest BCUT2D eigenvalue weighted by Crippen LogP contribution is 2.54. The standard InChI is InChI=1S/C20H12Cl2O4S6/c21-15-11-29(31(23)24)19(13-7-3-1-4-8-13)17(15)27-28-18-16(22)12-30(32(25)26)20(18)14-9-5-2-6-10-14/h1-12H. The second kappa shape index (κ2) is 10.5. The van der Waals surface area contributed by atoms with Crippen LogP contribution < -0.4 is 0 Å². The maximum atomic E-state index is 11.9. The topological polar surface area (TPSA) is 68.3 Å². The van der Waals surface area contributed by atoms with Gasteiger partial charge in [0.25, 0.3) is 0 Å². The van der Waals surface area contributed by atoms with Crippen LogP contribution in [-0.4, -0.2) is 16.8 Å². The monoisotopic (exact) mass is 578 g/mol. The van der Waals surface area contributed by atoms with Crippen molar-refractivity contribution in [3.8, 4) is 0 Å². The molecule has 0 N–H and O–H groups in total. The predicted molar refractivity (Wildman–Crippen MR) is 142 cm³/mol. The molecule has 4 nitrogen and oxygen atoms in total. The van der Waals surface area contributed by atoms with E-state index >= 15 is 0 Å². The molecule has 0 amide bonds. The Morgan fingerprint density at radius 1 is 0.594 bits per heavy atom. The zero-order valence-corrected chi connectivity index (χ0v) is 22.2. The van der Waals surface area contributed by atoms with Crippen molar-refractivity contribution in [2.75, 3.05) is 0 Å². The Bertz CT molecular complexity index is 1390. The molecule has 0 saturated carbocycles. The maximum absolute atomic E-state index is 11.9. The summed E-state index contributed by atoms with van der Waals surface area (Å²) in [7, 11) is -4.56. The number of rotatable bonds is 5. The van der Waals surface area contributed by atoms with Crippen molar-refractivity contribution >= 4 is 92.0 Å². The predicted octanol–water partition coefficient (Wildman–Crippen LogP) is 6.12. The van der Waals surface area contributed by atoms with Crippen LogP contribution in [0.3, 0.4) is 0 Å². The molecule has 4 rings (SSSR count). The number of hydrogen-bond acceptors (Lipinski definition) is 6. The van der Waals surface area contributed by atoms with E-state index in [1.807, 2.05) is 60.7 Å². The molecule has 0 aliphatic carbocycles. The van der Waals surface area contributed by atoms with Crippen LogP contribution in [0.2, 0.25) is 0 Å². The quantitative estimate of drug-likeness (QED) is 0.398. The van der Waals surface area contributed by atoms with Crippen molar-refractivity contribution in [2.45, 2.75) is 0 Å². The minimum Gasteiger partial charge on any atom is -0.177 e. The Balaban J connectivity index is 1.83. The van der Waals surface area contributed by atoms with E-state index in [2.05, 4.69) is 0 Å². The first-order valence-electron chi connectivity index (χ1n) is 8.73. The molecule has 166 valence electrons. The van der Waals surface area contributed by atoms with Crippen LogP contribution in [0, 0.1) is 0 Å². The Morgan fingerprint density at radius 2 is 0.938 bits per heavy atom. The van der Waals surface area contributed by atoms with Gasteiger partial charge >= 0.3 is 0 Å². The molecular weight excluding hydrogens is 568 g/mol. The Morgan fingerprint density at radius 3 is 1.25 bits per heavy atom. The molecule has 0 bridgehead atoms. The summed E-state index contributed by atoms with van der Waals surface area (Å²) >= 11 is 12.9. The summed E-state index contributed by atoms with van der Waals surface area (Å²) in [5.74, 6) is 0. The van der Waals surface area contributed by atoms with E-state index in [1.54, 1.807) is 0 Å². The summed E-state index contributed by atoms with van der Waals surface area (Å²) in [6.07, 6.45) is 0. The van der Waals surface area contributed by atoms with Crippen LogP contribution in [0.25, 0.3) is 9.81 Å². The zero-order chi connectivity index (χ0) is 22.8. The molecule has 0 fully saturated rings. The van der Waals surface area contributed by atoms with Crippen molar-refractivity contribution in [1.82, 2.24) is 0 Å². The van der Waals surface area contributed by atoms with E-state index in [0.29, 0.717) is 29.7 Å². The number of hydrogen-bond donors (Lipinski definition) is 0. The molecule has 2 aromatic carbocycles. The third-order valence-corrected chi connectivity index (χ3v) is 14.6. The summed E-state index contributed by atoms with van der Waals surface area (Å²) in [6, 6.07) is 18.4. The first kappa shape index (κ1) is 24.2. The van der Waals surface area contributed by atoms with E-state index < -0.39 is 37.4 Å². The molecule has 0 aromatic heterocycles. The minimum atomic E-state index is -2.37. The molecule has 2 atom stereocenters. The average molecular weight is 580 g/mol. The van der Waals surface area contributed by atoms with Gasteiger partial charge in [-0.15, -0.1) is 0 Å². The van der Waals surface area contributed by atoms with Crippen LogP contribution in [0.5, 0.6) is 0 Å². The third kappa shape index (κ3) is 4.92. The van der Waals surface area contributed by atoms with Gasteiger partial charge in [0.1, 0.15) is 0 Å². The third-order valence-electron chi connectivity index (χ3n) is 4.24. The van der Waals surface area contributed by atoms with E-state index in [9.17, 15) is 16.8 Å². The first-order chi connectivity index (χ1) is 15.4. The van der Waals surface area contributed by atoms with Gasteiger partial charge in [0.15, 0.2) is 0 Å². The van der Waals surface area contributed by atoms with Gasteiger partial charge < -0.3 is 0 Å². The SMILES string of the molecule is O=S(=O)=S1C=C(Cl)C(SSC2=C(c3ccccc3)S(=S(=O)=O)C=C2Cl)=C1c1ccccc1. The van der Waals surface area contributed by atoms with Gasteiger partial charge in [-0.25, -0.2) is 0 Å². The number of halogens is 2. The van der Waals surface area contributed by atoms with Crippen LogP contribution in [0.15, 0.2) is 91.4 Å². The fourth-order valence-corrected chi connectivity index (χ4v) is 14.1. The minimum absolute atomic E-state index is 0.347. The molecule has 0 saturated heterocycles. The van der Waals surface area contributed by atoms with Gasteiger partial charge in [-0.2, -0.15) is 16.8 Å². The fraction of sp³-hybridized carbons (Fsp3) is 0. The molecule has 0 radical (unpaired) electrons. The highest BCUT2D eigenvalue weighted by molar-refractivity contribution is 8.80. The van der Waals surface area contributed by atoms with Gasteiger partial charge in [-0.05, 0) is 51.6 Å². The smallest absolute Gasteiger partial charge is 0.177 e. The van der Waals surface area contributed by atoms with Crippen LogP contribution >= 0.6 is 44.8 Å². The molecule has 2 unspecified atom stereocenters. The first-order valence-corrected chi connectivity index (χ1v) is 17.4. The van der Waals surface area contributed by atoms with Crippen molar-refractivity contribution in [3.63, 3.8) is 0 Å². The molecule has 2 heterocycles. The fourth-order valence-electron chi connectivity index (χ4n) is 2.94. The van der Waals surface area contributed by atoms with Crippen molar-refractivity contribution in [1.29, 1.82) is 0 Å². The molecule has 12 heteroatoms. The van der Waals surface area contributed by atoms with Gasteiger partial charge in [-0.3, -0.25) is 0 Å². The molecule has 2 aliphatic heterocycles. The normalized spacial score (nSPS) is 20.4. The van der Waals surface area contributed by atoms with Crippen LogP contribution in [0.1, 0.15) is 11.1 Å². The second-order valence-electron chi connectivity index (χ2n) is 6.15. The van der Waals surface area contributed by atoms with E-state index in [4.69, 9.17) is 23.2 Å². The number of allylic oxidation sites excluding steroid dienone is 2. The van der Waals surface area contributed by atoms with Crippen LogP contribution in [0.4, 0.5) is 0 Å². The lowest BCUT2D eigenvalue weighted by Crippen LogP contribution is -1.91. The van der Waals surface area contributed by atoms with Crippen molar-refractivity contribution in [2.24, 2.45) is 0 Å². The second-order valence-corrected chi connectivity index (χ2v) is 16.2. The summed E-state index contributed by atoms with van der Waals surface area (Å²) in [4.78, 5) is 2.48. The largest absolute Gasteiger partial charge is 0.249 e. The molecule has 2 aliphatic rings. The van der Waals surface area contributed by atoms with Gasteiger partial charge in [0.05, 0.1) is 19.9 Å². The van der Waals surface area contributed by atoms with E-state index in [-0.39, 0.29) is 0 Å². The Kier molecular flexibility index (Phi) is 7.94. The van der Waals surface area contributed by atoms with Gasteiger partial charge in [0.2, 0.25) is 18.5 Å². The summed E-state index contributed by atoms with van der Waals surface area (Å²) in [5.41, 5.74) is 1.53. The van der Waals surface area contributed by atoms with Crippen molar-refractivity contribution < 1.29 is 16.8 Å². The lowest BCUT2D eigenvalue weighted by atomic mass is 10.2. The van der Waals surface area contributed by atoms with Crippen LogP contribution in [-0.2, 0) is 37.4 Å². The molecule has 0 spiro atoms. The molecule has 32 heavy (non-hydrogen) atoms. The van der Waals surface area contributed by atoms with E-state index in [1.165, 1.54) is 32.4 Å². The highest BCUT2D eigenvalue weighted by Gasteiger charge is 2.28. The zero-order valence-electron chi connectivity index (χ0n) is 15.8. The van der Waals surface area contributed by atoms with Gasteiger partial charge in [-0.1, -0.05) is 83.9 Å². The van der Waals surface area contributed by atoms with E-state index in [0.717, 1.165) is 11.1 Å².